The van der Waals surface area contributed by atoms with E-state index in [0.29, 0.717) is 18.7 Å². The molecule has 1 aliphatic heterocycles. The van der Waals surface area contributed by atoms with Gasteiger partial charge in [-0.15, -0.1) is 0 Å². The van der Waals surface area contributed by atoms with Crippen molar-refractivity contribution in [1.29, 1.82) is 0 Å². The highest BCUT2D eigenvalue weighted by Crippen LogP contribution is 2.29. The molecule has 5 heteroatoms. The number of anilines is 1. The zero-order chi connectivity index (χ0) is 19.2. The number of nitrogens with zero attached hydrogens (tertiary/aromatic N) is 2. The molecular weight excluding hydrogens is 340 g/mol. The number of benzene rings is 2. The van der Waals surface area contributed by atoms with Crippen LogP contribution in [0.3, 0.4) is 0 Å². The highest BCUT2D eigenvalue weighted by molar-refractivity contribution is 5.95. The van der Waals surface area contributed by atoms with Gasteiger partial charge in [-0.3, -0.25) is 4.79 Å². The van der Waals surface area contributed by atoms with Crippen molar-refractivity contribution < 1.29 is 14.3 Å². The van der Waals surface area contributed by atoms with Crippen molar-refractivity contribution in [3.05, 3.63) is 54.1 Å². The first-order chi connectivity index (χ1) is 13.1. The van der Waals surface area contributed by atoms with E-state index in [9.17, 15) is 4.79 Å². The van der Waals surface area contributed by atoms with Gasteiger partial charge in [-0.25, -0.2) is 0 Å². The quantitative estimate of drug-likeness (QED) is 0.804. The van der Waals surface area contributed by atoms with Crippen LogP contribution < -0.4 is 14.4 Å². The van der Waals surface area contributed by atoms with Crippen molar-refractivity contribution in [2.75, 3.05) is 38.3 Å². The number of hydrogen-bond donors (Lipinski definition) is 0. The van der Waals surface area contributed by atoms with Crippen LogP contribution in [-0.4, -0.2) is 50.2 Å². The number of carbonyl (C=O) groups is 1. The van der Waals surface area contributed by atoms with Crippen molar-refractivity contribution >= 4 is 11.6 Å². The normalized spacial score (nSPS) is 17.4. The van der Waals surface area contributed by atoms with Gasteiger partial charge in [0.15, 0.2) is 0 Å². The fourth-order valence-electron chi connectivity index (χ4n) is 3.54. The Kier molecular flexibility index (Phi) is 6.22. The molecule has 1 amide bonds. The fraction of sp³-hybridized carbons (Fsp3) is 0.409. The van der Waals surface area contributed by atoms with Crippen LogP contribution in [-0.2, 0) is 0 Å². The predicted molar refractivity (Wildman–Crippen MR) is 108 cm³/mol. The summed E-state index contributed by atoms with van der Waals surface area (Å²) < 4.78 is 11.1. The standard InChI is InChI=1S/C22H28N2O3/c1-4-27-19-9-7-8-18(16-19)22(25)24-15-14-23(13-12-17(24)2)20-10-5-6-11-21(20)26-3/h5-11,16-17H,4,12-15H2,1-3H3/t17-/m0/s1. The Morgan fingerprint density at radius 1 is 1.11 bits per heavy atom. The van der Waals surface area contributed by atoms with Gasteiger partial charge in [-0.05, 0) is 50.6 Å². The van der Waals surface area contributed by atoms with E-state index >= 15 is 0 Å². The largest absolute Gasteiger partial charge is 0.495 e. The Bertz CT molecular complexity index is 778. The van der Waals surface area contributed by atoms with Gasteiger partial charge in [0, 0.05) is 31.2 Å². The molecule has 0 radical (unpaired) electrons. The maximum atomic E-state index is 13.1. The first kappa shape index (κ1) is 19.1. The van der Waals surface area contributed by atoms with E-state index in [-0.39, 0.29) is 11.9 Å². The molecule has 1 fully saturated rings. The summed E-state index contributed by atoms with van der Waals surface area (Å²) in [6.45, 7) is 7.00. The maximum Gasteiger partial charge on any atom is 0.254 e. The number of methoxy groups -OCH3 is 1. The van der Waals surface area contributed by atoms with E-state index in [4.69, 9.17) is 9.47 Å². The summed E-state index contributed by atoms with van der Waals surface area (Å²) in [6, 6.07) is 15.7. The maximum absolute atomic E-state index is 13.1. The van der Waals surface area contributed by atoms with E-state index in [1.54, 1.807) is 7.11 Å². The van der Waals surface area contributed by atoms with E-state index in [2.05, 4.69) is 17.9 Å². The van der Waals surface area contributed by atoms with Crippen LogP contribution in [0.1, 0.15) is 30.6 Å². The summed E-state index contributed by atoms with van der Waals surface area (Å²) >= 11 is 0. The molecule has 1 atom stereocenters. The monoisotopic (exact) mass is 368 g/mol. The molecule has 0 aromatic heterocycles. The Morgan fingerprint density at radius 2 is 1.93 bits per heavy atom. The number of carbonyl (C=O) groups excluding carboxylic acids is 1. The number of ether oxygens (including phenoxy) is 2. The Morgan fingerprint density at radius 3 is 2.70 bits per heavy atom. The molecule has 1 saturated heterocycles. The molecule has 1 heterocycles. The van der Waals surface area contributed by atoms with E-state index in [1.165, 1.54) is 0 Å². The van der Waals surface area contributed by atoms with Gasteiger partial charge in [0.25, 0.3) is 5.91 Å². The van der Waals surface area contributed by atoms with Gasteiger partial charge in [0.05, 0.1) is 19.4 Å². The third-order valence-corrected chi connectivity index (χ3v) is 5.04. The lowest BCUT2D eigenvalue weighted by atomic mass is 10.1. The van der Waals surface area contributed by atoms with E-state index < -0.39 is 0 Å². The van der Waals surface area contributed by atoms with Crippen LogP contribution in [0.2, 0.25) is 0 Å². The average Bonchev–Trinajstić information content (AvgIpc) is 2.89. The minimum Gasteiger partial charge on any atom is -0.495 e. The van der Waals surface area contributed by atoms with Crippen molar-refractivity contribution in [2.45, 2.75) is 26.3 Å². The molecule has 1 aliphatic rings. The molecule has 2 aromatic rings. The van der Waals surface area contributed by atoms with Crippen LogP contribution in [0.5, 0.6) is 11.5 Å². The van der Waals surface area contributed by atoms with Crippen LogP contribution in [0.15, 0.2) is 48.5 Å². The highest BCUT2D eigenvalue weighted by atomic mass is 16.5. The summed E-state index contributed by atoms with van der Waals surface area (Å²) in [5, 5.41) is 0. The van der Waals surface area contributed by atoms with E-state index in [1.807, 2.05) is 54.3 Å². The molecule has 0 N–H and O–H groups in total. The average molecular weight is 368 g/mol. The molecule has 144 valence electrons. The second-order valence-corrected chi connectivity index (χ2v) is 6.76. The first-order valence-electron chi connectivity index (χ1n) is 9.55. The third kappa shape index (κ3) is 4.35. The number of para-hydroxylation sites is 2. The minimum absolute atomic E-state index is 0.0610. The van der Waals surface area contributed by atoms with Gasteiger partial charge in [0.2, 0.25) is 0 Å². The van der Waals surface area contributed by atoms with Gasteiger partial charge in [-0.2, -0.15) is 0 Å². The van der Waals surface area contributed by atoms with Gasteiger partial charge in [-0.1, -0.05) is 18.2 Å². The second-order valence-electron chi connectivity index (χ2n) is 6.76. The minimum atomic E-state index is 0.0610. The molecule has 0 saturated carbocycles. The van der Waals surface area contributed by atoms with Crippen LogP contribution in [0.4, 0.5) is 5.69 Å². The SMILES string of the molecule is CCOc1cccc(C(=O)N2CCN(c3ccccc3OC)CC[C@@H]2C)c1. The topological polar surface area (TPSA) is 42.0 Å². The Balaban J connectivity index is 1.76. The van der Waals surface area contributed by atoms with Crippen LogP contribution in [0, 0.1) is 0 Å². The molecule has 0 unspecified atom stereocenters. The summed E-state index contributed by atoms with van der Waals surface area (Å²) in [6.07, 6.45) is 0.912. The lowest BCUT2D eigenvalue weighted by molar-refractivity contribution is 0.0704. The lowest BCUT2D eigenvalue weighted by Gasteiger charge is -2.27. The van der Waals surface area contributed by atoms with Crippen molar-refractivity contribution in [3.63, 3.8) is 0 Å². The lowest BCUT2D eigenvalue weighted by Crippen LogP contribution is -2.39. The zero-order valence-corrected chi connectivity index (χ0v) is 16.4. The van der Waals surface area contributed by atoms with Gasteiger partial charge < -0.3 is 19.3 Å². The molecule has 0 aliphatic carbocycles. The summed E-state index contributed by atoms with van der Waals surface area (Å²) in [4.78, 5) is 17.4. The van der Waals surface area contributed by atoms with Crippen LogP contribution >= 0.6 is 0 Å². The number of rotatable bonds is 5. The first-order valence-corrected chi connectivity index (χ1v) is 9.55. The second kappa shape index (κ2) is 8.80. The molecule has 0 spiro atoms. The Labute approximate surface area is 161 Å². The zero-order valence-electron chi connectivity index (χ0n) is 16.4. The van der Waals surface area contributed by atoms with Crippen LogP contribution in [0.25, 0.3) is 0 Å². The third-order valence-electron chi connectivity index (χ3n) is 5.04. The molecule has 5 nitrogen and oxygen atoms in total. The summed E-state index contributed by atoms with van der Waals surface area (Å²) in [5.74, 6) is 1.67. The fourth-order valence-corrected chi connectivity index (χ4v) is 3.54. The number of hydrogen-bond acceptors (Lipinski definition) is 4. The summed E-state index contributed by atoms with van der Waals surface area (Å²) in [7, 11) is 1.69. The van der Waals surface area contributed by atoms with E-state index in [0.717, 1.165) is 36.7 Å². The molecular formula is C22H28N2O3. The van der Waals surface area contributed by atoms with Crippen molar-refractivity contribution in [3.8, 4) is 11.5 Å². The molecule has 3 rings (SSSR count). The van der Waals surface area contributed by atoms with Crippen molar-refractivity contribution in [2.24, 2.45) is 0 Å². The molecule has 0 bridgehead atoms. The highest BCUT2D eigenvalue weighted by Gasteiger charge is 2.26. The number of amides is 1. The molecule has 27 heavy (non-hydrogen) atoms. The Hall–Kier alpha value is -2.69. The van der Waals surface area contributed by atoms with Gasteiger partial charge in [0.1, 0.15) is 11.5 Å². The predicted octanol–water partition coefficient (Wildman–Crippen LogP) is 3.83. The summed E-state index contributed by atoms with van der Waals surface area (Å²) in [5.41, 5.74) is 1.76. The molecule has 2 aromatic carbocycles. The smallest absolute Gasteiger partial charge is 0.254 e. The van der Waals surface area contributed by atoms with Crippen molar-refractivity contribution in [1.82, 2.24) is 4.90 Å². The van der Waals surface area contributed by atoms with Gasteiger partial charge >= 0.3 is 0 Å².